The van der Waals surface area contributed by atoms with E-state index in [1.54, 1.807) is 0 Å². The minimum atomic E-state index is 0. The van der Waals surface area contributed by atoms with Gasteiger partial charge in [-0.25, -0.2) is 0 Å². The van der Waals surface area contributed by atoms with Gasteiger partial charge in [-0.05, 0) is 35.8 Å². The lowest BCUT2D eigenvalue weighted by atomic mass is 10.1. The van der Waals surface area contributed by atoms with Crippen LogP contribution in [0.1, 0.15) is 41.0 Å². The summed E-state index contributed by atoms with van der Waals surface area (Å²) in [5, 5.41) is 0. The SMILES string of the molecule is CCCN(CC(C)C)CC(C)C.[SiH4]. The van der Waals surface area contributed by atoms with Crippen LogP contribution in [0.4, 0.5) is 0 Å². The highest BCUT2D eigenvalue weighted by Crippen LogP contribution is 2.03. The van der Waals surface area contributed by atoms with Gasteiger partial charge in [-0.1, -0.05) is 34.6 Å². The Bertz CT molecular complexity index is 92.3. The van der Waals surface area contributed by atoms with Gasteiger partial charge in [0.15, 0.2) is 0 Å². The van der Waals surface area contributed by atoms with Gasteiger partial charge in [-0.15, -0.1) is 0 Å². The molecule has 0 atom stereocenters. The van der Waals surface area contributed by atoms with E-state index in [4.69, 9.17) is 0 Å². The molecule has 13 heavy (non-hydrogen) atoms. The fraction of sp³-hybridized carbons (Fsp3) is 1.00. The third kappa shape index (κ3) is 10.1. The first-order valence-electron chi connectivity index (χ1n) is 5.28. The molecule has 82 valence electrons. The molecule has 0 heterocycles. The number of hydrogen-bond acceptors (Lipinski definition) is 1. The van der Waals surface area contributed by atoms with Crippen LogP contribution in [0, 0.1) is 11.8 Å². The average Bonchev–Trinajstić information content (AvgIpc) is 1.84. The molecule has 0 aliphatic rings. The molecule has 0 aromatic heterocycles. The fourth-order valence-corrected chi connectivity index (χ4v) is 1.61. The van der Waals surface area contributed by atoms with Crippen LogP contribution in [0.15, 0.2) is 0 Å². The lowest BCUT2D eigenvalue weighted by molar-refractivity contribution is 0.220. The molecule has 2 heteroatoms. The van der Waals surface area contributed by atoms with Crippen LogP contribution >= 0.6 is 0 Å². The molecule has 0 N–H and O–H groups in total. The minimum Gasteiger partial charge on any atom is -0.303 e. The van der Waals surface area contributed by atoms with Crippen LogP contribution in [0.25, 0.3) is 0 Å². The molecule has 0 bridgehead atoms. The summed E-state index contributed by atoms with van der Waals surface area (Å²) >= 11 is 0. The summed E-state index contributed by atoms with van der Waals surface area (Å²) in [7, 11) is 0. The van der Waals surface area contributed by atoms with Crippen molar-refractivity contribution in [3.63, 3.8) is 0 Å². The summed E-state index contributed by atoms with van der Waals surface area (Å²) in [6.45, 7) is 15.2. The molecule has 0 saturated carbocycles. The molecule has 1 nitrogen and oxygen atoms in total. The second-order valence-corrected chi connectivity index (χ2v) is 4.55. The smallest absolute Gasteiger partial charge is 0.000449 e. The second-order valence-electron chi connectivity index (χ2n) is 4.55. The topological polar surface area (TPSA) is 3.24 Å². The zero-order valence-electron chi connectivity index (χ0n) is 9.43. The quantitative estimate of drug-likeness (QED) is 0.592. The lowest BCUT2D eigenvalue weighted by Crippen LogP contribution is -2.31. The second kappa shape index (κ2) is 8.76. The molecule has 0 aliphatic heterocycles. The van der Waals surface area contributed by atoms with E-state index in [9.17, 15) is 0 Å². The van der Waals surface area contributed by atoms with Gasteiger partial charge >= 0.3 is 0 Å². The van der Waals surface area contributed by atoms with E-state index in [-0.39, 0.29) is 11.0 Å². The Kier molecular flexibility index (Phi) is 10.5. The molecular weight excluding hydrogens is 174 g/mol. The van der Waals surface area contributed by atoms with Gasteiger partial charge in [0.25, 0.3) is 0 Å². The molecule has 0 aliphatic carbocycles. The Morgan fingerprint density at radius 3 is 1.54 bits per heavy atom. The van der Waals surface area contributed by atoms with Crippen molar-refractivity contribution >= 4 is 11.0 Å². The first kappa shape index (κ1) is 15.6. The van der Waals surface area contributed by atoms with E-state index in [2.05, 4.69) is 39.5 Å². The van der Waals surface area contributed by atoms with Crippen molar-refractivity contribution in [2.45, 2.75) is 41.0 Å². The fourth-order valence-electron chi connectivity index (χ4n) is 1.61. The van der Waals surface area contributed by atoms with Crippen LogP contribution in [0.2, 0.25) is 0 Å². The molecule has 0 aromatic rings. The maximum absolute atomic E-state index is 2.58. The maximum atomic E-state index is 2.58. The van der Waals surface area contributed by atoms with E-state index in [0.717, 1.165) is 11.8 Å². The van der Waals surface area contributed by atoms with Crippen molar-refractivity contribution in [3.8, 4) is 0 Å². The molecule has 0 aromatic carbocycles. The molecule has 0 rings (SSSR count). The maximum Gasteiger partial charge on any atom is 0.000449 e. The lowest BCUT2D eigenvalue weighted by Gasteiger charge is -2.25. The van der Waals surface area contributed by atoms with Crippen LogP contribution in [0.3, 0.4) is 0 Å². The van der Waals surface area contributed by atoms with E-state index in [1.807, 2.05) is 0 Å². The Morgan fingerprint density at radius 1 is 0.923 bits per heavy atom. The van der Waals surface area contributed by atoms with Crippen LogP contribution < -0.4 is 0 Å². The van der Waals surface area contributed by atoms with Gasteiger partial charge in [0.05, 0.1) is 0 Å². The van der Waals surface area contributed by atoms with Crippen molar-refractivity contribution in [2.24, 2.45) is 11.8 Å². The molecule has 0 fully saturated rings. The highest BCUT2D eigenvalue weighted by Gasteiger charge is 2.07. The highest BCUT2D eigenvalue weighted by molar-refractivity contribution is 5.75. The summed E-state index contributed by atoms with van der Waals surface area (Å²) in [5.41, 5.74) is 0. The number of hydrogen-bond donors (Lipinski definition) is 0. The first-order chi connectivity index (χ1) is 5.56. The van der Waals surface area contributed by atoms with Crippen LogP contribution in [0.5, 0.6) is 0 Å². The summed E-state index contributed by atoms with van der Waals surface area (Å²) < 4.78 is 0. The molecule has 0 spiro atoms. The number of rotatable bonds is 6. The monoisotopic (exact) mass is 203 g/mol. The Balaban J connectivity index is 0. The number of nitrogens with zero attached hydrogens (tertiary/aromatic N) is 1. The zero-order chi connectivity index (χ0) is 9.56. The van der Waals surface area contributed by atoms with Gasteiger partial charge in [0, 0.05) is 13.1 Å². The first-order valence-corrected chi connectivity index (χ1v) is 5.28. The van der Waals surface area contributed by atoms with Gasteiger partial charge in [-0.3, -0.25) is 0 Å². The summed E-state index contributed by atoms with van der Waals surface area (Å²) in [4.78, 5) is 2.58. The summed E-state index contributed by atoms with van der Waals surface area (Å²) in [5.74, 6) is 1.60. The third-order valence-corrected chi connectivity index (χ3v) is 1.79. The molecule has 0 unspecified atom stereocenters. The van der Waals surface area contributed by atoms with E-state index < -0.39 is 0 Å². The standard InChI is InChI=1S/C11H25N.H4Si/c1-6-7-12(8-10(2)3)9-11(4)5;/h10-11H,6-9H2,1-5H3;1H4. The van der Waals surface area contributed by atoms with Crippen LogP contribution in [-0.4, -0.2) is 35.5 Å². The summed E-state index contributed by atoms with van der Waals surface area (Å²) in [6, 6.07) is 0. The highest BCUT2D eigenvalue weighted by atomic mass is 28.1. The summed E-state index contributed by atoms with van der Waals surface area (Å²) in [6.07, 6.45) is 1.28. The zero-order valence-corrected chi connectivity index (χ0v) is 9.43. The predicted molar refractivity (Wildman–Crippen MR) is 67.7 cm³/mol. The average molecular weight is 203 g/mol. The van der Waals surface area contributed by atoms with Gasteiger partial charge in [0.1, 0.15) is 0 Å². The molecule has 0 saturated heterocycles. The van der Waals surface area contributed by atoms with Gasteiger partial charge < -0.3 is 4.90 Å². The van der Waals surface area contributed by atoms with E-state index in [0.29, 0.717) is 0 Å². The van der Waals surface area contributed by atoms with Crippen molar-refractivity contribution < 1.29 is 0 Å². The Labute approximate surface area is 88.9 Å². The predicted octanol–water partition coefficient (Wildman–Crippen LogP) is 1.56. The van der Waals surface area contributed by atoms with Gasteiger partial charge in [-0.2, -0.15) is 0 Å². The molecule has 0 amide bonds. The Morgan fingerprint density at radius 2 is 1.31 bits per heavy atom. The van der Waals surface area contributed by atoms with Crippen molar-refractivity contribution in [1.82, 2.24) is 4.90 Å². The van der Waals surface area contributed by atoms with E-state index in [1.165, 1.54) is 26.1 Å². The van der Waals surface area contributed by atoms with Gasteiger partial charge in [0.2, 0.25) is 0 Å². The largest absolute Gasteiger partial charge is 0.303 e. The Hall–Kier alpha value is 0.177. The molecule has 0 radical (unpaired) electrons. The van der Waals surface area contributed by atoms with E-state index >= 15 is 0 Å². The third-order valence-electron chi connectivity index (χ3n) is 1.79. The normalized spacial score (nSPS) is 11.1. The van der Waals surface area contributed by atoms with Crippen molar-refractivity contribution in [3.05, 3.63) is 0 Å². The van der Waals surface area contributed by atoms with Crippen molar-refractivity contribution in [2.75, 3.05) is 19.6 Å². The minimum absolute atomic E-state index is 0. The van der Waals surface area contributed by atoms with Crippen molar-refractivity contribution in [1.29, 1.82) is 0 Å². The molecular formula is C11H29NSi. The van der Waals surface area contributed by atoms with Crippen LogP contribution in [-0.2, 0) is 0 Å².